The molecule has 0 saturated carbocycles. The van der Waals surface area contributed by atoms with Gasteiger partial charge in [-0.1, -0.05) is 0 Å². The summed E-state index contributed by atoms with van der Waals surface area (Å²) in [6, 6.07) is 23.6. The molecule has 0 aliphatic heterocycles. The van der Waals surface area contributed by atoms with Crippen LogP contribution in [-0.4, -0.2) is 0 Å². The van der Waals surface area contributed by atoms with Crippen molar-refractivity contribution in [3.8, 4) is 17.2 Å². The van der Waals surface area contributed by atoms with E-state index in [1.807, 2.05) is 93.6 Å². The van der Waals surface area contributed by atoms with Gasteiger partial charge in [0.05, 0.1) is 0 Å². The second kappa shape index (κ2) is 8.08. The first-order valence-electron chi connectivity index (χ1n) is 8.50. The molecule has 3 nitrogen and oxygen atoms in total. The fraction of sp³-hybridized carbons (Fsp3) is 0.143. The molecule has 0 radical (unpaired) electrons. The molecule has 1 atom stereocenters. The second-order valence-electron chi connectivity index (χ2n) is 6.21. The van der Waals surface area contributed by atoms with Crippen molar-refractivity contribution in [1.82, 2.24) is 0 Å². The van der Waals surface area contributed by atoms with Gasteiger partial charge in [-0.3, -0.25) is 0 Å². The number of benzene rings is 3. The molecule has 0 aliphatic carbocycles. The van der Waals surface area contributed by atoms with Gasteiger partial charge in [0.25, 0.3) is 0 Å². The molecular weight excluding hydrogens is 362 g/mol. The van der Waals surface area contributed by atoms with Crippen LogP contribution in [0, 0.1) is 20.8 Å². The average molecular weight is 386 g/mol. The monoisotopic (exact) mass is 386 g/mol. The first-order valence-corrected chi connectivity index (χ1v) is 12.0. The van der Waals surface area contributed by atoms with Gasteiger partial charge in [-0.05, 0) is 0 Å². The molecule has 0 heterocycles. The van der Waals surface area contributed by atoms with Gasteiger partial charge in [-0.2, -0.15) is 0 Å². The van der Waals surface area contributed by atoms with Crippen molar-refractivity contribution >= 4 is 16.6 Å². The molecule has 0 amide bonds. The molecule has 3 rings (SSSR count). The predicted molar refractivity (Wildman–Crippen MR) is 113 cm³/mol. The number of para-hydroxylation sites is 3. The normalized spacial score (nSPS) is 11.7. The Morgan fingerprint density at radius 3 is 1.08 bits per heavy atom. The summed E-state index contributed by atoms with van der Waals surface area (Å²) in [4.78, 5) is 0. The van der Waals surface area contributed by atoms with Crippen LogP contribution in [0.15, 0.2) is 72.8 Å². The summed E-state index contributed by atoms with van der Waals surface area (Å²) in [5, 5.41) is 0. The molecule has 3 aromatic rings. The first kappa shape index (κ1) is 18.7. The molecule has 136 valence electrons. The van der Waals surface area contributed by atoms with Crippen molar-refractivity contribution in [2.75, 3.05) is 0 Å². The number of aryl methyl sites for hydroxylation is 3. The van der Waals surface area contributed by atoms with E-state index in [2.05, 4.69) is 8.93 Å². The molecule has 26 heavy (non-hydrogen) atoms. The van der Waals surface area contributed by atoms with Crippen molar-refractivity contribution in [2.45, 2.75) is 20.8 Å². The van der Waals surface area contributed by atoms with Gasteiger partial charge in [-0.25, -0.2) is 0 Å². The Morgan fingerprint density at radius 2 is 0.808 bits per heavy atom. The molecule has 0 saturated heterocycles. The Balaban J connectivity index is 1.96. The van der Waals surface area contributed by atoms with Gasteiger partial charge in [0.1, 0.15) is 0 Å². The van der Waals surface area contributed by atoms with Gasteiger partial charge in [0.2, 0.25) is 0 Å². The van der Waals surface area contributed by atoms with Crippen molar-refractivity contribution in [3.63, 3.8) is 0 Å². The van der Waals surface area contributed by atoms with Gasteiger partial charge in [-0.15, -0.1) is 0 Å². The molecule has 0 N–H and O–H groups in total. The van der Waals surface area contributed by atoms with Crippen LogP contribution in [0.5, 0.6) is 17.2 Å². The van der Waals surface area contributed by atoms with Gasteiger partial charge >= 0.3 is 158 Å². The average Bonchev–Trinajstić information content (AvgIpc) is 2.61. The van der Waals surface area contributed by atoms with E-state index < -0.39 is 7.63 Å². The Morgan fingerprint density at radius 1 is 0.538 bits per heavy atom. The van der Waals surface area contributed by atoms with Crippen LogP contribution in [0.25, 0.3) is 0 Å². The molecule has 5 heteroatoms. The molecular formula is C21H24O3P2. The Kier molecular flexibility index (Phi) is 5.81. The van der Waals surface area contributed by atoms with E-state index in [0.717, 1.165) is 33.9 Å². The van der Waals surface area contributed by atoms with Crippen molar-refractivity contribution in [2.24, 2.45) is 0 Å². The van der Waals surface area contributed by atoms with E-state index in [1.165, 1.54) is 0 Å². The molecule has 1 unspecified atom stereocenters. The van der Waals surface area contributed by atoms with E-state index in [9.17, 15) is 0 Å². The van der Waals surface area contributed by atoms with E-state index in [4.69, 9.17) is 13.6 Å². The van der Waals surface area contributed by atoms with Crippen molar-refractivity contribution in [1.29, 1.82) is 0 Å². The van der Waals surface area contributed by atoms with Crippen molar-refractivity contribution in [3.05, 3.63) is 89.5 Å². The molecule has 0 aromatic heterocycles. The summed E-state index contributed by atoms with van der Waals surface area (Å²) in [5.74, 6) is 2.28. The van der Waals surface area contributed by atoms with Crippen molar-refractivity contribution < 1.29 is 13.6 Å². The quantitative estimate of drug-likeness (QED) is 0.457. The maximum absolute atomic E-state index is 6.31. The third-order valence-corrected chi connectivity index (χ3v) is 6.61. The van der Waals surface area contributed by atoms with Crippen LogP contribution in [0.2, 0.25) is 0 Å². The van der Waals surface area contributed by atoms with Crippen LogP contribution >= 0.6 is 16.6 Å². The van der Waals surface area contributed by atoms with Crippen LogP contribution in [-0.2, 0) is 0 Å². The minimum absolute atomic E-state index is 0.760. The van der Waals surface area contributed by atoms with Gasteiger partial charge in [0, 0.05) is 0 Å². The number of hydrogen-bond acceptors (Lipinski definition) is 3. The standard InChI is InChI=1S/C21H24O3P2/c1-16-10-4-7-13-19(16)22-26(25,23-20-14-8-5-11-17(20)2)24-21-15-9-6-12-18(21)3/h4-15,26H,25H2,1-3H3. The summed E-state index contributed by atoms with van der Waals surface area (Å²) in [5.41, 5.74) is 3.11. The zero-order valence-electron chi connectivity index (χ0n) is 15.2. The summed E-state index contributed by atoms with van der Waals surface area (Å²) < 4.78 is 18.9. The second-order valence-corrected chi connectivity index (χ2v) is 10.1. The summed E-state index contributed by atoms with van der Waals surface area (Å²) in [7, 11) is -0.446. The molecule has 0 spiro atoms. The van der Waals surface area contributed by atoms with E-state index >= 15 is 0 Å². The summed E-state index contributed by atoms with van der Waals surface area (Å²) in [6.07, 6.45) is 0. The van der Waals surface area contributed by atoms with E-state index in [-0.39, 0.29) is 0 Å². The minimum atomic E-state index is -3.15. The summed E-state index contributed by atoms with van der Waals surface area (Å²) >= 11 is 0. The Bertz CT molecular complexity index is 780. The molecule has 0 aliphatic rings. The number of rotatable bonds is 6. The first-order chi connectivity index (χ1) is 12.5. The van der Waals surface area contributed by atoms with Crippen LogP contribution in [0.4, 0.5) is 0 Å². The zero-order valence-corrected chi connectivity index (χ0v) is 17.4. The molecule has 0 bridgehead atoms. The zero-order chi connectivity index (χ0) is 18.6. The maximum atomic E-state index is 6.31. The van der Waals surface area contributed by atoms with Crippen LogP contribution < -0.4 is 13.6 Å². The SMILES string of the molecule is Cc1ccccc1O[PH](P)(Oc1ccccc1C)Oc1ccccc1C. The van der Waals surface area contributed by atoms with Crippen LogP contribution in [0.3, 0.4) is 0 Å². The number of hydrogen-bond donors (Lipinski definition) is 0. The van der Waals surface area contributed by atoms with E-state index in [1.54, 1.807) is 0 Å². The predicted octanol–water partition coefficient (Wildman–Crippen LogP) is 6.43. The topological polar surface area (TPSA) is 27.7 Å². The molecule has 3 aromatic carbocycles. The summed E-state index contributed by atoms with van der Waals surface area (Å²) in [6.45, 7) is 6.03. The fourth-order valence-electron chi connectivity index (χ4n) is 2.54. The van der Waals surface area contributed by atoms with Gasteiger partial charge in [0.15, 0.2) is 0 Å². The molecule has 0 fully saturated rings. The van der Waals surface area contributed by atoms with Gasteiger partial charge < -0.3 is 0 Å². The third-order valence-electron chi connectivity index (χ3n) is 4.04. The Hall–Kier alpha value is -2.08. The fourth-order valence-corrected chi connectivity index (χ4v) is 5.41. The third kappa shape index (κ3) is 4.55. The van der Waals surface area contributed by atoms with Crippen LogP contribution in [0.1, 0.15) is 16.7 Å². The van der Waals surface area contributed by atoms with E-state index in [0.29, 0.717) is 0 Å². The Labute approximate surface area is 158 Å².